The van der Waals surface area contributed by atoms with Crippen molar-refractivity contribution in [2.75, 3.05) is 0 Å². The van der Waals surface area contributed by atoms with Crippen LogP contribution in [0.5, 0.6) is 0 Å². The summed E-state index contributed by atoms with van der Waals surface area (Å²) in [6.45, 7) is 0. The van der Waals surface area contributed by atoms with Crippen molar-refractivity contribution < 1.29 is 14.3 Å². The van der Waals surface area contributed by atoms with Gasteiger partial charge in [-0.15, -0.1) is 0 Å². The number of carbonyl (C=O) groups is 1. The van der Waals surface area contributed by atoms with Crippen LogP contribution >= 0.6 is 0 Å². The molecule has 0 aromatic carbocycles. The third-order valence-electron chi connectivity index (χ3n) is 3.82. The zero-order valence-electron chi connectivity index (χ0n) is 10.9. The van der Waals surface area contributed by atoms with E-state index in [9.17, 15) is 4.79 Å². The molecule has 102 valence electrons. The Morgan fingerprint density at radius 3 is 1.72 bits per heavy atom. The van der Waals surface area contributed by atoms with Gasteiger partial charge in [0.25, 0.3) is 0 Å². The predicted octanol–water partition coefficient (Wildman–Crippen LogP) is 2.51. The fraction of sp³-hybridized carbons (Fsp3) is 0.857. The van der Waals surface area contributed by atoms with E-state index in [4.69, 9.17) is 9.47 Å². The first-order chi connectivity index (χ1) is 8.75. The second-order valence-corrected chi connectivity index (χ2v) is 6.11. The van der Waals surface area contributed by atoms with Gasteiger partial charge in [0.05, 0.1) is 0 Å². The van der Waals surface area contributed by atoms with E-state index < -0.39 is 0 Å². The molecule has 2 fully saturated rings. The zero-order chi connectivity index (χ0) is 12.8. The van der Waals surface area contributed by atoms with E-state index in [0.29, 0.717) is 4.60 Å². The molecular weight excluding hydrogens is 295 g/mol. The van der Waals surface area contributed by atoms with Crippen molar-refractivity contribution in [3.05, 3.63) is 0 Å². The van der Waals surface area contributed by atoms with Crippen LogP contribution in [0.15, 0.2) is 0 Å². The summed E-state index contributed by atoms with van der Waals surface area (Å²) >= 11 is 2.73. The fourth-order valence-corrected chi connectivity index (χ4v) is 3.15. The second-order valence-electron chi connectivity index (χ2n) is 5.33. The van der Waals surface area contributed by atoms with Crippen LogP contribution < -0.4 is 0 Å². The number of ether oxygens (including phenoxy) is 2. The van der Waals surface area contributed by atoms with Crippen LogP contribution in [0.4, 0.5) is 0 Å². The van der Waals surface area contributed by atoms with E-state index in [1.165, 1.54) is 38.5 Å². The molecule has 2 aliphatic carbocycles. The Morgan fingerprint density at radius 1 is 0.778 bits per heavy atom. The minimum absolute atomic E-state index is 0.101. The molecule has 4 heteroatoms. The van der Waals surface area contributed by atoms with Gasteiger partial charge in [-0.05, 0) is 0 Å². The van der Waals surface area contributed by atoms with Gasteiger partial charge in [-0.1, -0.05) is 0 Å². The quantitative estimate of drug-likeness (QED) is 0.590. The topological polar surface area (TPSA) is 35.5 Å². The molecule has 2 aliphatic rings. The monoisotopic (exact) mass is 318 g/mol. The summed E-state index contributed by atoms with van der Waals surface area (Å²) in [4.78, 5) is 11.9. The van der Waals surface area contributed by atoms with Crippen molar-refractivity contribution in [1.29, 1.82) is 0 Å². The van der Waals surface area contributed by atoms with Crippen LogP contribution in [0.1, 0.15) is 64.2 Å². The number of esters is 1. The first kappa shape index (κ1) is 14.1. The van der Waals surface area contributed by atoms with Gasteiger partial charge in [-0.2, -0.15) is 0 Å². The van der Waals surface area contributed by atoms with Crippen molar-refractivity contribution in [3.8, 4) is 0 Å². The molecule has 18 heavy (non-hydrogen) atoms. The molecule has 0 amide bonds. The van der Waals surface area contributed by atoms with Crippen molar-refractivity contribution in [1.82, 2.24) is 0 Å². The first-order valence-electron chi connectivity index (χ1n) is 7.17. The number of hydrogen-bond acceptors (Lipinski definition) is 3. The molecule has 0 spiro atoms. The van der Waals surface area contributed by atoms with Crippen LogP contribution in [-0.2, 0) is 14.3 Å². The number of rotatable bonds is 4. The molecule has 0 atom stereocenters. The molecule has 2 saturated carbocycles. The van der Waals surface area contributed by atoms with Crippen LogP contribution in [-0.4, -0.2) is 38.4 Å². The summed E-state index contributed by atoms with van der Waals surface area (Å²) < 4.78 is 11.5. The van der Waals surface area contributed by atoms with Crippen LogP contribution in [0.3, 0.4) is 0 Å². The molecule has 0 saturated heterocycles. The van der Waals surface area contributed by atoms with Crippen molar-refractivity contribution >= 4 is 26.1 Å². The summed E-state index contributed by atoms with van der Waals surface area (Å²) in [6.07, 6.45) is 11.7. The van der Waals surface area contributed by atoms with Crippen molar-refractivity contribution in [3.63, 3.8) is 0 Å². The van der Waals surface area contributed by atoms with E-state index in [2.05, 4.69) is 15.6 Å². The Kier molecular flexibility index (Phi) is 5.71. The molecule has 0 unspecified atom stereocenters. The van der Waals surface area contributed by atoms with E-state index in [-0.39, 0.29) is 18.2 Å². The van der Waals surface area contributed by atoms with E-state index in [1.54, 1.807) is 0 Å². The average molecular weight is 317 g/mol. The zero-order valence-corrected chi connectivity index (χ0v) is 12.6. The van der Waals surface area contributed by atoms with Gasteiger partial charge < -0.3 is 0 Å². The van der Waals surface area contributed by atoms with E-state index in [1.807, 2.05) is 0 Å². The fourth-order valence-electron chi connectivity index (χ4n) is 2.76. The minimum atomic E-state index is -0.299. The molecule has 0 aromatic rings. The summed E-state index contributed by atoms with van der Waals surface area (Å²) in [6, 6.07) is 0. The molecule has 0 aliphatic heterocycles. The Morgan fingerprint density at radius 2 is 1.22 bits per heavy atom. The SMILES string of the molecule is O=C(OC1CCCCC1)C(=[Se])OC1CCCCC1. The Hall–Kier alpha value is -0.341. The third-order valence-corrected chi connectivity index (χ3v) is 4.37. The average Bonchev–Trinajstić information content (AvgIpc) is 2.41. The molecule has 0 radical (unpaired) electrons. The summed E-state index contributed by atoms with van der Waals surface area (Å²) in [7, 11) is 0. The van der Waals surface area contributed by atoms with E-state index >= 15 is 0 Å². The number of carbonyl (C=O) groups excluding carboxylic acids is 1. The molecule has 0 N–H and O–H groups in total. The van der Waals surface area contributed by atoms with Crippen LogP contribution in [0.25, 0.3) is 0 Å². The molecular formula is C14H22O3Se. The van der Waals surface area contributed by atoms with Crippen LogP contribution in [0, 0.1) is 0 Å². The second kappa shape index (κ2) is 7.30. The van der Waals surface area contributed by atoms with Gasteiger partial charge in [-0.25, -0.2) is 0 Å². The van der Waals surface area contributed by atoms with E-state index in [0.717, 1.165) is 25.7 Å². The maximum atomic E-state index is 11.9. The van der Waals surface area contributed by atoms with Gasteiger partial charge >= 0.3 is 117 Å². The van der Waals surface area contributed by atoms with Gasteiger partial charge in [0.2, 0.25) is 0 Å². The van der Waals surface area contributed by atoms with Gasteiger partial charge in [-0.3, -0.25) is 0 Å². The summed E-state index contributed by atoms with van der Waals surface area (Å²) in [5.41, 5.74) is 0. The van der Waals surface area contributed by atoms with Crippen molar-refractivity contribution in [2.45, 2.75) is 76.4 Å². The predicted molar refractivity (Wildman–Crippen MR) is 71.7 cm³/mol. The Labute approximate surface area is 117 Å². The number of hydrogen-bond donors (Lipinski definition) is 0. The Balaban J connectivity index is 1.71. The molecule has 2 rings (SSSR count). The normalized spacial score (nSPS) is 22.4. The van der Waals surface area contributed by atoms with Gasteiger partial charge in [0, 0.05) is 0 Å². The summed E-state index contributed by atoms with van der Waals surface area (Å²) in [5.74, 6) is -0.299. The first-order valence-corrected chi connectivity index (χ1v) is 8.03. The molecule has 3 nitrogen and oxygen atoms in total. The third kappa shape index (κ3) is 4.40. The molecule has 0 bridgehead atoms. The van der Waals surface area contributed by atoms with Gasteiger partial charge in [0.1, 0.15) is 0 Å². The molecule has 0 aromatic heterocycles. The summed E-state index contributed by atoms with van der Waals surface area (Å²) in [5, 5.41) is 0. The standard InChI is InChI=1S/C14H22O3Se/c15-13(16-11-7-3-1-4-8-11)14(18)17-12-9-5-2-6-10-12/h11-12H,1-10H2. The maximum absolute atomic E-state index is 11.9. The van der Waals surface area contributed by atoms with Crippen LogP contribution in [0.2, 0.25) is 0 Å². The molecule has 0 heterocycles. The van der Waals surface area contributed by atoms with Crippen molar-refractivity contribution in [2.24, 2.45) is 0 Å². The Bertz CT molecular complexity index is 261. The van der Waals surface area contributed by atoms with Gasteiger partial charge in [0.15, 0.2) is 0 Å².